The van der Waals surface area contributed by atoms with E-state index in [0.29, 0.717) is 19.6 Å². The van der Waals surface area contributed by atoms with E-state index in [9.17, 15) is 12.8 Å². The molecule has 0 bridgehead atoms. The number of hydrogen-bond acceptors (Lipinski definition) is 5. The maximum absolute atomic E-state index is 13.5. The van der Waals surface area contributed by atoms with Crippen LogP contribution in [0.2, 0.25) is 0 Å². The van der Waals surface area contributed by atoms with Crippen molar-refractivity contribution in [1.29, 1.82) is 0 Å². The van der Waals surface area contributed by atoms with Crippen molar-refractivity contribution in [2.75, 3.05) is 6.61 Å². The molecule has 0 spiro atoms. The van der Waals surface area contributed by atoms with Crippen molar-refractivity contribution in [3.8, 4) is 17.0 Å². The Morgan fingerprint density at radius 1 is 1.00 bits per heavy atom. The molecule has 0 aliphatic heterocycles. The Balaban J connectivity index is 1.67. The predicted octanol–water partition coefficient (Wildman–Crippen LogP) is 4.88. The van der Waals surface area contributed by atoms with Gasteiger partial charge in [-0.15, -0.1) is 11.3 Å². The quantitative estimate of drug-likeness (QED) is 0.377. The fourth-order valence-corrected chi connectivity index (χ4v) is 4.94. The van der Waals surface area contributed by atoms with Crippen LogP contribution in [0.15, 0.2) is 88.1 Å². The molecular weight excluding hydrogens is 473 g/mol. The molecule has 176 valence electrons. The number of aromatic nitrogens is 1. The highest BCUT2D eigenvalue weighted by molar-refractivity contribution is 7.89. The van der Waals surface area contributed by atoms with Gasteiger partial charge in [0, 0.05) is 11.9 Å². The maximum atomic E-state index is 13.5. The molecule has 4 rings (SSSR count). The Labute approximate surface area is 201 Å². The third-order valence-corrected chi connectivity index (χ3v) is 6.98. The number of sulfonamides is 1. The molecule has 0 aliphatic carbocycles. The van der Waals surface area contributed by atoms with Crippen molar-refractivity contribution in [2.45, 2.75) is 24.8 Å². The van der Waals surface area contributed by atoms with Crippen molar-refractivity contribution in [2.24, 2.45) is 10.1 Å². The molecule has 2 N–H and O–H groups in total. The van der Waals surface area contributed by atoms with Crippen LogP contribution < -0.4 is 14.7 Å². The maximum Gasteiger partial charge on any atom is 0.238 e. The first-order chi connectivity index (χ1) is 16.3. The molecule has 1 aromatic heterocycles. The van der Waals surface area contributed by atoms with Gasteiger partial charge in [-0.25, -0.2) is 22.9 Å². The molecule has 1 heterocycles. The van der Waals surface area contributed by atoms with Crippen LogP contribution in [-0.4, -0.2) is 19.6 Å². The standard InChI is InChI=1S/C25H24FN3O3S2/c1-2-32-22-11-9-21(10-12-22)28-25-29(24(17-33-25)19-5-7-20(26)8-6-19)16-15-18-3-13-23(14-4-18)34(27,30)31/h3-14,17H,2,15-16H2,1H3,(H2,27,30,31). The van der Waals surface area contributed by atoms with Crippen molar-refractivity contribution in [3.63, 3.8) is 0 Å². The SMILES string of the molecule is CCOc1ccc(N=c2scc(-c3ccc(F)cc3)n2CCc2ccc(S(N)(=O)=O)cc2)cc1. The minimum atomic E-state index is -3.73. The van der Waals surface area contributed by atoms with Gasteiger partial charge in [0.25, 0.3) is 0 Å². The normalized spacial score (nSPS) is 12.1. The molecule has 3 aromatic carbocycles. The highest BCUT2D eigenvalue weighted by Crippen LogP contribution is 2.23. The van der Waals surface area contributed by atoms with Gasteiger partial charge in [0.05, 0.1) is 22.9 Å². The summed E-state index contributed by atoms with van der Waals surface area (Å²) in [5.74, 6) is 0.496. The smallest absolute Gasteiger partial charge is 0.238 e. The van der Waals surface area contributed by atoms with Gasteiger partial charge >= 0.3 is 0 Å². The minimum absolute atomic E-state index is 0.0811. The van der Waals surface area contributed by atoms with E-state index < -0.39 is 10.0 Å². The van der Waals surface area contributed by atoms with Gasteiger partial charge in [-0.3, -0.25) is 0 Å². The number of thiazole rings is 1. The number of halogens is 1. The fraction of sp³-hybridized carbons (Fsp3) is 0.160. The number of rotatable bonds is 8. The zero-order valence-electron chi connectivity index (χ0n) is 18.5. The van der Waals surface area contributed by atoms with Gasteiger partial charge in [0.1, 0.15) is 11.6 Å². The molecule has 34 heavy (non-hydrogen) atoms. The van der Waals surface area contributed by atoms with Crippen LogP contribution >= 0.6 is 11.3 Å². The molecule has 9 heteroatoms. The van der Waals surface area contributed by atoms with E-state index in [0.717, 1.165) is 33.1 Å². The first-order valence-electron chi connectivity index (χ1n) is 10.7. The topological polar surface area (TPSA) is 86.7 Å². The van der Waals surface area contributed by atoms with Gasteiger partial charge in [0.15, 0.2) is 4.80 Å². The van der Waals surface area contributed by atoms with Gasteiger partial charge in [-0.2, -0.15) is 0 Å². The largest absolute Gasteiger partial charge is 0.494 e. The van der Waals surface area contributed by atoms with Gasteiger partial charge < -0.3 is 9.30 Å². The summed E-state index contributed by atoms with van der Waals surface area (Å²) in [6, 6.07) is 20.5. The van der Waals surface area contributed by atoms with Crippen molar-refractivity contribution in [1.82, 2.24) is 4.57 Å². The number of primary sulfonamides is 1. The highest BCUT2D eigenvalue weighted by atomic mass is 32.2. The van der Waals surface area contributed by atoms with Gasteiger partial charge in [0.2, 0.25) is 10.0 Å². The molecular formula is C25H24FN3O3S2. The first-order valence-corrected chi connectivity index (χ1v) is 13.1. The summed E-state index contributed by atoms with van der Waals surface area (Å²) in [4.78, 5) is 5.70. The van der Waals surface area contributed by atoms with E-state index in [2.05, 4.69) is 4.57 Å². The molecule has 0 atom stereocenters. The average molecular weight is 498 g/mol. The number of ether oxygens (including phenoxy) is 1. The Morgan fingerprint density at radius 3 is 2.29 bits per heavy atom. The lowest BCUT2D eigenvalue weighted by atomic mass is 10.1. The zero-order valence-corrected chi connectivity index (χ0v) is 20.2. The third kappa shape index (κ3) is 5.80. The highest BCUT2D eigenvalue weighted by Gasteiger charge is 2.11. The van der Waals surface area contributed by atoms with Crippen LogP contribution in [0.25, 0.3) is 11.3 Å². The predicted molar refractivity (Wildman–Crippen MR) is 132 cm³/mol. The molecule has 0 radical (unpaired) electrons. The first kappa shape index (κ1) is 23.9. The second-order valence-electron chi connectivity index (χ2n) is 7.54. The second-order valence-corrected chi connectivity index (χ2v) is 9.94. The second kappa shape index (κ2) is 10.3. The van der Waals surface area contributed by atoms with Crippen LogP contribution in [-0.2, 0) is 23.0 Å². The number of benzene rings is 3. The summed E-state index contributed by atoms with van der Waals surface area (Å²) in [7, 11) is -3.73. The summed E-state index contributed by atoms with van der Waals surface area (Å²) in [6.45, 7) is 3.13. The molecule has 4 aromatic rings. The van der Waals surface area contributed by atoms with E-state index in [1.807, 2.05) is 36.6 Å². The molecule has 6 nitrogen and oxygen atoms in total. The van der Waals surface area contributed by atoms with Crippen molar-refractivity contribution < 1.29 is 17.5 Å². The Bertz CT molecular complexity index is 1420. The number of nitrogens with two attached hydrogens (primary N) is 1. The summed E-state index contributed by atoms with van der Waals surface area (Å²) in [5, 5.41) is 7.20. The van der Waals surface area contributed by atoms with Crippen LogP contribution in [0.3, 0.4) is 0 Å². The van der Waals surface area contributed by atoms with E-state index in [1.165, 1.54) is 35.6 Å². The number of aryl methyl sites for hydroxylation is 1. The van der Waals surface area contributed by atoms with Gasteiger partial charge in [-0.1, -0.05) is 12.1 Å². The minimum Gasteiger partial charge on any atom is -0.494 e. The molecule has 0 saturated carbocycles. The fourth-order valence-electron chi connectivity index (χ4n) is 3.47. The summed E-state index contributed by atoms with van der Waals surface area (Å²) >= 11 is 1.50. The van der Waals surface area contributed by atoms with E-state index >= 15 is 0 Å². The number of hydrogen-bond donors (Lipinski definition) is 1. The summed E-state index contributed by atoms with van der Waals surface area (Å²) < 4.78 is 44.1. The molecule has 0 amide bonds. The van der Waals surface area contributed by atoms with Crippen molar-refractivity contribution in [3.05, 3.63) is 94.4 Å². The Morgan fingerprint density at radius 2 is 1.68 bits per heavy atom. The average Bonchev–Trinajstić information content (AvgIpc) is 3.21. The zero-order chi connectivity index (χ0) is 24.1. The molecule has 0 fully saturated rings. The van der Waals surface area contributed by atoms with Crippen LogP contribution in [0.5, 0.6) is 5.75 Å². The lowest BCUT2D eigenvalue weighted by Crippen LogP contribution is -2.17. The van der Waals surface area contributed by atoms with Crippen LogP contribution in [0.4, 0.5) is 10.1 Å². The Kier molecular flexibility index (Phi) is 7.26. The molecule has 0 aliphatic rings. The van der Waals surface area contributed by atoms with Gasteiger partial charge in [-0.05, 0) is 85.1 Å². The van der Waals surface area contributed by atoms with Crippen LogP contribution in [0, 0.1) is 5.82 Å². The van der Waals surface area contributed by atoms with Crippen LogP contribution in [0.1, 0.15) is 12.5 Å². The van der Waals surface area contributed by atoms with E-state index in [1.54, 1.807) is 24.3 Å². The van der Waals surface area contributed by atoms with E-state index in [-0.39, 0.29) is 10.7 Å². The monoisotopic (exact) mass is 497 g/mol. The van der Waals surface area contributed by atoms with Crippen molar-refractivity contribution >= 4 is 27.0 Å². The lowest BCUT2D eigenvalue weighted by Gasteiger charge is -2.10. The number of nitrogens with zero attached hydrogens (tertiary/aromatic N) is 2. The summed E-state index contributed by atoms with van der Waals surface area (Å²) in [5.41, 5.74) is 3.57. The molecule has 0 saturated heterocycles. The Hall–Kier alpha value is -3.27. The lowest BCUT2D eigenvalue weighted by molar-refractivity contribution is 0.340. The molecule has 0 unspecified atom stereocenters. The summed E-state index contributed by atoms with van der Waals surface area (Å²) in [6.07, 6.45) is 0.645. The van der Waals surface area contributed by atoms with E-state index in [4.69, 9.17) is 14.9 Å². The third-order valence-electron chi connectivity index (χ3n) is 5.19.